The van der Waals surface area contributed by atoms with Gasteiger partial charge in [0, 0.05) is 36.9 Å². The van der Waals surface area contributed by atoms with Gasteiger partial charge in [-0.3, -0.25) is 0 Å². The third-order valence-electron chi connectivity index (χ3n) is 5.34. The van der Waals surface area contributed by atoms with Crippen molar-refractivity contribution in [3.05, 3.63) is 35.3 Å². The third kappa shape index (κ3) is 3.39. The largest absolute Gasteiger partial charge is 0.481 e. The fourth-order valence-corrected chi connectivity index (χ4v) is 3.95. The van der Waals surface area contributed by atoms with Gasteiger partial charge in [-0.15, -0.1) is 0 Å². The molecule has 0 amide bonds. The Balaban J connectivity index is 1.61. The smallest absolute Gasteiger partial charge is 0.218 e. The topological polar surface area (TPSA) is 78.2 Å². The van der Waals surface area contributed by atoms with Crippen LogP contribution in [0.1, 0.15) is 36.1 Å². The summed E-state index contributed by atoms with van der Waals surface area (Å²) in [5, 5.41) is 9.60. The minimum Gasteiger partial charge on any atom is -0.481 e. The Hall–Kier alpha value is -2.88. The Kier molecular flexibility index (Phi) is 4.56. The van der Waals surface area contributed by atoms with E-state index in [2.05, 4.69) is 30.8 Å². The van der Waals surface area contributed by atoms with Crippen molar-refractivity contribution in [3.8, 4) is 11.9 Å². The molecule has 1 aliphatic carbocycles. The number of ether oxygens (including phenoxy) is 1. The summed E-state index contributed by atoms with van der Waals surface area (Å²) in [6, 6.07) is 7.09. The zero-order valence-electron chi connectivity index (χ0n) is 16.0. The van der Waals surface area contributed by atoms with Crippen LogP contribution >= 0.6 is 0 Å². The van der Waals surface area contributed by atoms with E-state index in [9.17, 15) is 5.26 Å². The van der Waals surface area contributed by atoms with Gasteiger partial charge in [-0.1, -0.05) is 0 Å². The van der Waals surface area contributed by atoms with E-state index in [1.807, 2.05) is 26.0 Å². The standard InChI is InChI=1S/C20H24N6O/c1-13-8-14(2)24-20(17(13)10-21)25-7-6-16(11-25)26(15-4-5-15)18-9-19(27-3)23-12-22-18/h8-9,12,15-16H,4-7,11H2,1-3H3. The van der Waals surface area contributed by atoms with Gasteiger partial charge in [0.2, 0.25) is 5.88 Å². The predicted octanol–water partition coefficient (Wildman–Crippen LogP) is 2.62. The zero-order chi connectivity index (χ0) is 19.0. The summed E-state index contributed by atoms with van der Waals surface area (Å²) in [6.07, 6.45) is 4.96. The van der Waals surface area contributed by atoms with Crippen LogP contribution in [0, 0.1) is 25.2 Å². The number of methoxy groups -OCH3 is 1. The molecule has 2 aromatic heterocycles. The van der Waals surface area contributed by atoms with Crippen molar-refractivity contribution >= 4 is 11.6 Å². The maximum absolute atomic E-state index is 9.60. The molecule has 7 heteroatoms. The molecule has 140 valence electrons. The molecule has 0 bridgehead atoms. The van der Waals surface area contributed by atoms with E-state index in [0.29, 0.717) is 23.5 Å². The van der Waals surface area contributed by atoms with Gasteiger partial charge < -0.3 is 14.5 Å². The Bertz CT molecular complexity index is 889. The molecule has 1 aliphatic heterocycles. The molecule has 0 spiro atoms. The van der Waals surface area contributed by atoms with Crippen molar-refractivity contribution in [2.45, 2.75) is 45.2 Å². The highest BCUT2D eigenvalue weighted by molar-refractivity contribution is 5.59. The Morgan fingerprint density at radius 2 is 2.00 bits per heavy atom. The number of hydrogen-bond acceptors (Lipinski definition) is 7. The molecule has 2 aliphatic rings. The van der Waals surface area contributed by atoms with E-state index in [0.717, 1.165) is 42.4 Å². The van der Waals surface area contributed by atoms with Crippen LogP contribution in [-0.2, 0) is 0 Å². The minimum atomic E-state index is 0.339. The maximum atomic E-state index is 9.60. The monoisotopic (exact) mass is 364 g/mol. The lowest BCUT2D eigenvalue weighted by molar-refractivity contribution is 0.396. The van der Waals surface area contributed by atoms with Gasteiger partial charge in [-0.25, -0.2) is 15.0 Å². The average Bonchev–Trinajstić information content (AvgIpc) is 3.37. The molecular weight excluding hydrogens is 340 g/mol. The van der Waals surface area contributed by atoms with Gasteiger partial charge in [-0.05, 0) is 44.7 Å². The first-order chi connectivity index (χ1) is 13.1. The van der Waals surface area contributed by atoms with Crippen molar-refractivity contribution < 1.29 is 4.74 Å². The van der Waals surface area contributed by atoms with Crippen molar-refractivity contribution in [2.75, 3.05) is 30.0 Å². The molecule has 1 atom stereocenters. The molecule has 3 heterocycles. The fraction of sp³-hybridized carbons (Fsp3) is 0.500. The maximum Gasteiger partial charge on any atom is 0.218 e. The van der Waals surface area contributed by atoms with Crippen molar-refractivity contribution in [2.24, 2.45) is 0 Å². The highest BCUT2D eigenvalue weighted by Crippen LogP contribution is 2.36. The third-order valence-corrected chi connectivity index (χ3v) is 5.34. The number of hydrogen-bond donors (Lipinski definition) is 0. The van der Waals surface area contributed by atoms with Gasteiger partial charge in [0.1, 0.15) is 24.0 Å². The van der Waals surface area contributed by atoms with Gasteiger partial charge in [0.05, 0.1) is 12.7 Å². The van der Waals surface area contributed by atoms with Crippen LogP contribution in [0.3, 0.4) is 0 Å². The highest BCUT2D eigenvalue weighted by Gasteiger charge is 2.39. The number of anilines is 2. The molecule has 2 aromatic rings. The minimum absolute atomic E-state index is 0.339. The first kappa shape index (κ1) is 17.5. The number of rotatable bonds is 5. The number of aryl methyl sites for hydroxylation is 2. The second-order valence-electron chi connectivity index (χ2n) is 7.34. The van der Waals surface area contributed by atoms with Crippen molar-refractivity contribution in [1.82, 2.24) is 15.0 Å². The molecule has 27 heavy (non-hydrogen) atoms. The number of pyridine rings is 1. The summed E-state index contributed by atoms with van der Waals surface area (Å²) in [6.45, 7) is 5.69. The van der Waals surface area contributed by atoms with Crippen molar-refractivity contribution in [1.29, 1.82) is 5.26 Å². The SMILES string of the molecule is COc1cc(N(C2CC2)C2CCN(c3nc(C)cc(C)c3C#N)C2)ncn1. The van der Waals surface area contributed by atoms with E-state index in [1.54, 1.807) is 13.4 Å². The first-order valence-electron chi connectivity index (χ1n) is 9.38. The van der Waals surface area contributed by atoms with E-state index >= 15 is 0 Å². The summed E-state index contributed by atoms with van der Waals surface area (Å²) in [7, 11) is 1.63. The molecular formula is C20H24N6O. The molecule has 4 rings (SSSR count). The van der Waals surface area contributed by atoms with Crippen LogP contribution in [0.5, 0.6) is 5.88 Å². The van der Waals surface area contributed by atoms with E-state index in [1.165, 1.54) is 12.8 Å². The van der Waals surface area contributed by atoms with Crippen LogP contribution < -0.4 is 14.5 Å². The van der Waals surface area contributed by atoms with Crippen LogP contribution in [0.2, 0.25) is 0 Å². The second-order valence-corrected chi connectivity index (χ2v) is 7.34. The van der Waals surface area contributed by atoms with Gasteiger partial charge >= 0.3 is 0 Å². The fourth-order valence-electron chi connectivity index (χ4n) is 3.95. The number of aromatic nitrogens is 3. The van der Waals surface area contributed by atoms with E-state index < -0.39 is 0 Å². The Morgan fingerprint density at radius 3 is 2.70 bits per heavy atom. The molecule has 1 saturated carbocycles. The van der Waals surface area contributed by atoms with Crippen LogP contribution in [-0.4, -0.2) is 47.2 Å². The summed E-state index contributed by atoms with van der Waals surface area (Å²) in [5.74, 6) is 2.32. The van der Waals surface area contributed by atoms with E-state index in [4.69, 9.17) is 4.74 Å². The van der Waals surface area contributed by atoms with Crippen LogP contribution in [0.4, 0.5) is 11.6 Å². The summed E-state index contributed by atoms with van der Waals surface area (Å²) in [4.78, 5) is 18.0. The molecule has 1 unspecified atom stereocenters. The van der Waals surface area contributed by atoms with Gasteiger partial charge in [-0.2, -0.15) is 5.26 Å². The van der Waals surface area contributed by atoms with Gasteiger partial charge in [0.15, 0.2) is 0 Å². The number of nitrogens with zero attached hydrogens (tertiary/aromatic N) is 6. The molecule has 0 aromatic carbocycles. The zero-order valence-corrected chi connectivity index (χ0v) is 16.0. The quantitative estimate of drug-likeness (QED) is 0.807. The first-order valence-corrected chi connectivity index (χ1v) is 9.38. The second kappa shape index (κ2) is 7.03. The molecule has 0 N–H and O–H groups in total. The summed E-state index contributed by atoms with van der Waals surface area (Å²) >= 11 is 0. The Labute approximate surface area is 159 Å². The lowest BCUT2D eigenvalue weighted by atomic mass is 10.1. The van der Waals surface area contributed by atoms with Gasteiger partial charge in [0.25, 0.3) is 0 Å². The lowest BCUT2D eigenvalue weighted by Gasteiger charge is -2.30. The summed E-state index contributed by atoms with van der Waals surface area (Å²) < 4.78 is 5.28. The Morgan fingerprint density at radius 1 is 1.19 bits per heavy atom. The number of nitriles is 1. The predicted molar refractivity (Wildman–Crippen MR) is 103 cm³/mol. The summed E-state index contributed by atoms with van der Waals surface area (Å²) in [5.41, 5.74) is 2.62. The molecule has 2 fully saturated rings. The molecule has 7 nitrogen and oxygen atoms in total. The molecule has 1 saturated heterocycles. The van der Waals surface area contributed by atoms with E-state index in [-0.39, 0.29) is 0 Å². The normalized spacial score (nSPS) is 19.0. The average molecular weight is 364 g/mol. The lowest BCUT2D eigenvalue weighted by Crippen LogP contribution is -2.40. The van der Waals surface area contributed by atoms with Crippen molar-refractivity contribution in [3.63, 3.8) is 0 Å². The van der Waals surface area contributed by atoms with Crippen LogP contribution in [0.15, 0.2) is 18.5 Å². The molecule has 0 radical (unpaired) electrons. The van der Waals surface area contributed by atoms with Crippen LogP contribution in [0.25, 0.3) is 0 Å². The highest BCUT2D eigenvalue weighted by atomic mass is 16.5.